The number of aromatic nitrogens is 2. The first-order valence-corrected chi connectivity index (χ1v) is 9.97. The Kier molecular flexibility index (Phi) is 5.85. The fraction of sp³-hybridized carbons (Fsp3) is 0.143. The highest BCUT2D eigenvalue weighted by molar-refractivity contribution is 6.33. The van der Waals surface area contributed by atoms with Gasteiger partial charge in [-0.3, -0.25) is 9.59 Å². The number of carbonyl (C=O) groups excluding carboxylic acids is 2. The van der Waals surface area contributed by atoms with Crippen LogP contribution in [0.4, 0.5) is 28.8 Å². The van der Waals surface area contributed by atoms with Gasteiger partial charge in [0.1, 0.15) is 5.02 Å². The highest BCUT2D eigenvalue weighted by atomic mass is 35.5. The van der Waals surface area contributed by atoms with Crippen LogP contribution in [0.3, 0.4) is 0 Å². The molecule has 0 atom stereocenters. The number of amides is 2. The van der Waals surface area contributed by atoms with Crippen molar-refractivity contribution in [3.63, 3.8) is 0 Å². The summed E-state index contributed by atoms with van der Waals surface area (Å²) in [4.78, 5) is 32.9. The van der Waals surface area contributed by atoms with Gasteiger partial charge in [0.25, 0.3) is 11.8 Å². The highest BCUT2D eigenvalue weighted by Gasteiger charge is 2.16. The second-order valence-corrected chi connectivity index (χ2v) is 7.12. The number of nitrogens with zero attached hydrogens (tertiary/aromatic N) is 2. The first kappa shape index (κ1) is 20.4. The largest absolute Gasteiger partial charge is 0.383 e. The molecule has 1 aliphatic rings. The summed E-state index contributed by atoms with van der Waals surface area (Å²) in [6.07, 6.45) is 1.47. The molecule has 0 fully saturated rings. The molecule has 31 heavy (non-hydrogen) atoms. The summed E-state index contributed by atoms with van der Waals surface area (Å²) in [7, 11) is 1.57. The van der Waals surface area contributed by atoms with E-state index < -0.39 is 0 Å². The summed E-state index contributed by atoms with van der Waals surface area (Å²) >= 11 is 6.27. The van der Waals surface area contributed by atoms with Crippen molar-refractivity contribution in [2.75, 3.05) is 36.1 Å². The maximum atomic E-state index is 12.1. The van der Waals surface area contributed by atoms with Crippen LogP contribution in [0.2, 0.25) is 5.02 Å². The van der Waals surface area contributed by atoms with Gasteiger partial charge in [0.05, 0.1) is 23.0 Å². The summed E-state index contributed by atoms with van der Waals surface area (Å²) in [5.41, 5.74) is 3.04. The predicted molar refractivity (Wildman–Crippen MR) is 121 cm³/mol. The topological polar surface area (TPSA) is 120 Å². The van der Waals surface area contributed by atoms with Crippen molar-refractivity contribution in [2.24, 2.45) is 0 Å². The Labute approximate surface area is 183 Å². The van der Waals surface area contributed by atoms with E-state index in [-0.39, 0.29) is 11.8 Å². The second kappa shape index (κ2) is 8.88. The summed E-state index contributed by atoms with van der Waals surface area (Å²) in [5.74, 6) is 0.314. The molecule has 0 aliphatic carbocycles. The Hall–Kier alpha value is -3.85. The lowest BCUT2D eigenvalue weighted by atomic mass is 10.1. The van der Waals surface area contributed by atoms with Gasteiger partial charge in [-0.05, 0) is 30.3 Å². The number of hydrogen-bond donors (Lipinski definition) is 5. The molecule has 2 heterocycles. The average Bonchev–Trinajstić information content (AvgIpc) is 2.97. The van der Waals surface area contributed by atoms with E-state index in [4.69, 9.17) is 11.6 Å². The second-order valence-electron chi connectivity index (χ2n) is 6.71. The van der Waals surface area contributed by atoms with Crippen LogP contribution in [0.1, 0.15) is 20.7 Å². The van der Waals surface area contributed by atoms with E-state index in [1.165, 1.54) is 6.20 Å². The van der Waals surface area contributed by atoms with Crippen molar-refractivity contribution in [3.05, 3.63) is 64.8 Å². The molecule has 0 spiro atoms. The van der Waals surface area contributed by atoms with Crippen molar-refractivity contribution in [2.45, 2.75) is 0 Å². The van der Waals surface area contributed by atoms with Gasteiger partial charge in [0, 0.05) is 31.5 Å². The third-order valence-electron chi connectivity index (χ3n) is 4.64. The molecule has 1 aliphatic heterocycles. The molecule has 158 valence electrons. The molecule has 0 saturated heterocycles. The Morgan fingerprint density at radius 2 is 1.90 bits per heavy atom. The summed E-state index contributed by atoms with van der Waals surface area (Å²) in [5, 5.41) is 15.2. The molecule has 0 radical (unpaired) electrons. The lowest BCUT2D eigenvalue weighted by molar-refractivity contribution is 0.0952. The van der Waals surface area contributed by atoms with E-state index >= 15 is 0 Å². The number of halogens is 1. The molecular weight excluding hydrogens is 418 g/mol. The number of carbonyl (C=O) groups is 2. The molecule has 2 aromatic carbocycles. The van der Waals surface area contributed by atoms with E-state index in [2.05, 4.69) is 36.6 Å². The number of fused-ring (bicyclic) bond motifs is 1. The first-order chi connectivity index (χ1) is 15.0. The Bertz CT molecular complexity index is 1150. The molecule has 4 rings (SSSR count). The molecule has 10 heteroatoms. The quantitative estimate of drug-likeness (QED) is 0.416. The van der Waals surface area contributed by atoms with Gasteiger partial charge in [-0.25, -0.2) is 4.98 Å². The van der Waals surface area contributed by atoms with Crippen molar-refractivity contribution < 1.29 is 9.59 Å². The summed E-state index contributed by atoms with van der Waals surface area (Å²) in [6, 6.07) is 12.4. The molecular formula is C21H20ClN7O2. The monoisotopic (exact) mass is 437 g/mol. The lowest BCUT2D eigenvalue weighted by Crippen LogP contribution is -2.24. The van der Waals surface area contributed by atoms with Crippen LogP contribution in [-0.4, -0.2) is 41.9 Å². The van der Waals surface area contributed by atoms with E-state index in [0.29, 0.717) is 52.4 Å². The van der Waals surface area contributed by atoms with Crippen LogP contribution < -0.4 is 26.6 Å². The number of para-hydroxylation sites is 1. The minimum absolute atomic E-state index is 0.115. The standard InChI is InChI=1S/C21H20ClN7O2/c1-23-19(30)13-4-2-3-5-16(13)28-18-15(22)11-26-21(29-18)27-12-6-7-14-17(10-12)24-8-9-25-20(14)31/h2-7,10-11,24H,8-9H2,1H3,(H,23,30)(H,25,31)(H2,26,27,28,29). The van der Waals surface area contributed by atoms with Crippen LogP contribution in [0, 0.1) is 0 Å². The maximum Gasteiger partial charge on any atom is 0.253 e. The van der Waals surface area contributed by atoms with Gasteiger partial charge in [-0.1, -0.05) is 23.7 Å². The summed E-state index contributed by atoms with van der Waals surface area (Å²) < 4.78 is 0. The first-order valence-electron chi connectivity index (χ1n) is 9.59. The molecule has 0 saturated carbocycles. The smallest absolute Gasteiger partial charge is 0.253 e. The third kappa shape index (κ3) is 4.51. The van der Waals surface area contributed by atoms with Gasteiger partial charge >= 0.3 is 0 Å². The van der Waals surface area contributed by atoms with Crippen LogP contribution in [-0.2, 0) is 0 Å². The number of anilines is 5. The minimum atomic E-state index is -0.229. The SMILES string of the molecule is CNC(=O)c1ccccc1Nc1nc(Nc2ccc3c(c2)NCCNC3=O)ncc1Cl. The molecule has 2 amide bonds. The molecule has 1 aromatic heterocycles. The van der Waals surface area contributed by atoms with Crippen molar-refractivity contribution in [1.29, 1.82) is 0 Å². The van der Waals surface area contributed by atoms with E-state index in [1.54, 1.807) is 37.4 Å². The van der Waals surface area contributed by atoms with Gasteiger partial charge in [-0.2, -0.15) is 4.98 Å². The van der Waals surface area contributed by atoms with Crippen LogP contribution in [0.25, 0.3) is 0 Å². The Morgan fingerprint density at radius 3 is 2.74 bits per heavy atom. The molecule has 9 nitrogen and oxygen atoms in total. The van der Waals surface area contributed by atoms with Crippen LogP contribution in [0.5, 0.6) is 0 Å². The van der Waals surface area contributed by atoms with E-state index in [9.17, 15) is 9.59 Å². The average molecular weight is 438 g/mol. The van der Waals surface area contributed by atoms with Gasteiger partial charge in [0.15, 0.2) is 5.82 Å². The molecule has 5 N–H and O–H groups in total. The van der Waals surface area contributed by atoms with Gasteiger partial charge in [-0.15, -0.1) is 0 Å². The normalized spacial score (nSPS) is 12.6. The number of hydrogen-bond acceptors (Lipinski definition) is 7. The van der Waals surface area contributed by atoms with E-state index in [0.717, 1.165) is 5.69 Å². The maximum absolute atomic E-state index is 12.1. The Morgan fingerprint density at radius 1 is 1.10 bits per heavy atom. The van der Waals surface area contributed by atoms with Crippen LogP contribution in [0.15, 0.2) is 48.7 Å². The van der Waals surface area contributed by atoms with Gasteiger partial charge < -0.3 is 26.6 Å². The fourth-order valence-electron chi connectivity index (χ4n) is 3.13. The zero-order valence-corrected chi connectivity index (χ0v) is 17.4. The minimum Gasteiger partial charge on any atom is -0.383 e. The van der Waals surface area contributed by atoms with Gasteiger partial charge in [0.2, 0.25) is 5.95 Å². The van der Waals surface area contributed by atoms with Crippen molar-refractivity contribution >= 4 is 52.2 Å². The van der Waals surface area contributed by atoms with Crippen LogP contribution >= 0.6 is 11.6 Å². The zero-order chi connectivity index (χ0) is 21.8. The van der Waals surface area contributed by atoms with E-state index in [1.807, 2.05) is 12.1 Å². The Balaban J connectivity index is 1.59. The van der Waals surface area contributed by atoms with Crippen molar-refractivity contribution in [1.82, 2.24) is 20.6 Å². The number of benzene rings is 2. The number of nitrogens with one attached hydrogen (secondary N) is 5. The highest BCUT2D eigenvalue weighted by Crippen LogP contribution is 2.28. The summed E-state index contributed by atoms with van der Waals surface area (Å²) in [6.45, 7) is 1.20. The fourth-order valence-corrected chi connectivity index (χ4v) is 3.27. The number of rotatable bonds is 5. The molecule has 3 aromatic rings. The predicted octanol–water partition coefficient (Wildman–Crippen LogP) is 3.13. The van der Waals surface area contributed by atoms with Crippen molar-refractivity contribution in [3.8, 4) is 0 Å². The zero-order valence-electron chi connectivity index (χ0n) is 16.6. The lowest BCUT2D eigenvalue weighted by Gasteiger charge is -2.13. The third-order valence-corrected chi connectivity index (χ3v) is 4.92. The molecule has 0 unspecified atom stereocenters. The molecule has 0 bridgehead atoms.